The number of hydrogen-bond donors (Lipinski definition) is 1. The van der Waals surface area contributed by atoms with Crippen molar-refractivity contribution in [2.24, 2.45) is 28.9 Å². The van der Waals surface area contributed by atoms with Gasteiger partial charge in [0.1, 0.15) is 0 Å². The topological polar surface area (TPSA) is 26.0 Å². The first-order chi connectivity index (χ1) is 10.2. The number of aryl methyl sites for hydroxylation is 1. The van der Waals surface area contributed by atoms with E-state index in [2.05, 4.69) is 30.3 Å². The second-order valence-corrected chi connectivity index (χ2v) is 8.41. The maximum atomic E-state index is 6.54. The molecule has 1 aromatic rings. The van der Waals surface area contributed by atoms with Crippen molar-refractivity contribution in [2.45, 2.75) is 63.8 Å². The molecule has 1 atom stereocenters. The molecule has 0 amide bonds. The Labute approximate surface area is 129 Å². The predicted molar refractivity (Wildman–Crippen MR) is 88.0 cm³/mol. The molecule has 0 aromatic heterocycles. The fourth-order valence-electron chi connectivity index (χ4n) is 6.19. The number of hydrogen-bond acceptors (Lipinski definition) is 1. The van der Waals surface area contributed by atoms with E-state index in [1.54, 1.807) is 0 Å². The molecule has 4 saturated carbocycles. The standard InChI is InChI=1S/C20H29N/c21-19(7-6-15-4-2-1-3-5-15)14-20-11-16-8-17(12-20)10-18(9-16)13-20/h1-5,16-19H,6-14,21H2. The zero-order valence-corrected chi connectivity index (χ0v) is 13.1. The Morgan fingerprint density at radius 1 is 0.952 bits per heavy atom. The van der Waals surface area contributed by atoms with Gasteiger partial charge in [-0.2, -0.15) is 0 Å². The van der Waals surface area contributed by atoms with Crippen LogP contribution >= 0.6 is 0 Å². The third kappa shape index (κ3) is 2.90. The van der Waals surface area contributed by atoms with Crippen LogP contribution in [0.4, 0.5) is 0 Å². The van der Waals surface area contributed by atoms with E-state index in [0.717, 1.165) is 30.6 Å². The lowest BCUT2D eigenvalue weighted by Gasteiger charge is -2.57. The van der Waals surface area contributed by atoms with Crippen molar-refractivity contribution in [2.75, 3.05) is 0 Å². The zero-order valence-electron chi connectivity index (χ0n) is 13.1. The number of nitrogens with two attached hydrogens (primary N) is 1. The van der Waals surface area contributed by atoms with Crippen LogP contribution in [0.3, 0.4) is 0 Å². The summed E-state index contributed by atoms with van der Waals surface area (Å²) in [5.41, 5.74) is 8.63. The second kappa shape index (κ2) is 5.43. The van der Waals surface area contributed by atoms with Crippen molar-refractivity contribution < 1.29 is 0 Å². The van der Waals surface area contributed by atoms with Gasteiger partial charge in [-0.1, -0.05) is 30.3 Å². The Morgan fingerprint density at radius 2 is 1.52 bits per heavy atom. The molecule has 4 bridgehead atoms. The van der Waals surface area contributed by atoms with Crippen LogP contribution in [0.2, 0.25) is 0 Å². The quantitative estimate of drug-likeness (QED) is 0.842. The predicted octanol–water partition coefficient (Wildman–Crippen LogP) is 4.55. The van der Waals surface area contributed by atoms with Gasteiger partial charge in [0.15, 0.2) is 0 Å². The Hall–Kier alpha value is -0.820. The van der Waals surface area contributed by atoms with E-state index in [1.165, 1.54) is 50.5 Å². The molecule has 0 saturated heterocycles. The van der Waals surface area contributed by atoms with Crippen LogP contribution in [0, 0.1) is 23.2 Å². The Kier molecular flexibility index (Phi) is 3.57. The van der Waals surface area contributed by atoms with Crippen LogP contribution in [-0.2, 0) is 6.42 Å². The molecule has 4 aliphatic carbocycles. The van der Waals surface area contributed by atoms with Crippen LogP contribution < -0.4 is 5.73 Å². The van der Waals surface area contributed by atoms with Crippen LogP contribution in [0.15, 0.2) is 30.3 Å². The largest absolute Gasteiger partial charge is 0.328 e. The highest BCUT2D eigenvalue weighted by Crippen LogP contribution is 2.61. The summed E-state index contributed by atoms with van der Waals surface area (Å²) in [6, 6.07) is 11.2. The molecule has 0 spiro atoms. The molecule has 0 aliphatic heterocycles. The van der Waals surface area contributed by atoms with E-state index in [-0.39, 0.29) is 0 Å². The van der Waals surface area contributed by atoms with Gasteiger partial charge in [0.05, 0.1) is 0 Å². The van der Waals surface area contributed by atoms with Crippen molar-refractivity contribution in [3.63, 3.8) is 0 Å². The summed E-state index contributed by atoms with van der Waals surface area (Å²) in [6.45, 7) is 0. The minimum absolute atomic E-state index is 0.404. The lowest BCUT2D eigenvalue weighted by molar-refractivity contribution is -0.0606. The molecule has 4 aliphatic rings. The van der Waals surface area contributed by atoms with Crippen LogP contribution in [0.5, 0.6) is 0 Å². The summed E-state index contributed by atoms with van der Waals surface area (Å²) in [6.07, 6.45) is 12.7. The van der Waals surface area contributed by atoms with Gasteiger partial charge >= 0.3 is 0 Å². The molecule has 0 radical (unpaired) electrons. The molecule has 21 heavy (non-hydrogen) atoms. The first kappa shape index (κ1) is 13.8. The van der Waals surface area contributed by atoms with E-state index in [0.29, 0.717) is 11.5 Å². The number of rotatable bonds is 5. The smallest absolute Gasteiger partial charge is 0.00472 e. The molecular formula is C20H29N. The van der Waals surface area contributed by atoms with Crippen LogP contribution in [0.25, 0.3) is 0 Å². The Bertz CT molecular complexity index is 443. The Morgan fingerprint density at radius 3 is 2.10 bits per heavy atom. The van der Waals surface area contributed by atoms with E-state index in [1.807, 2.05) is 0 Å². The highest BCUT2D eigenvalue weighted by molar-refractivity contribution is 5.15. The summed E-state index contributed by atoms with van der Waals surface area (Å²) >= 11 is 0. The van der Waals surface area contributed by atoms with Crippen molar-refractivity contribution >= 4 is 0 Å². The van der Waals surface area contributed by atoms with Gasteiger partial charge in [-0.25, -0.2) is 0 Å². The summed E-state index contributed by atoms with van der Waals surface area (Å²) < 4.78 is 0. The molecule has 0 heterocycles. The van der Waals surface area contributed by atoms with E-state index in [9.17, 15) is 0 Å². The average Bonchev–Trinajstić information content (AvgIpc) is 2.44. The Balaban J connectivity index is 1.35. The van der Waals surface area contributed by atoms with Gasteiger partial charge in [0.25, 0.3) is 0 Å². The molecule has 4 fully saturated rings. The van der Waals surface area contributed by atoms with Gasteiger partial charge in [-0.05, 0) is 86.5 Å². The summed E-state index contributed by atoms with van der Waals surface area (Å²) in [7, 11) is 0. The second-order valence-electron chi connectivity index (χ2n) is 8.41. The van der Waals surface area contributed by atoms with Gasteiger partial charge in [-0.3, -0.25) is 0 Å². The van der Waals surface area contributed by atoms with E-state index >= 15 is 0 Å². The minimum atomic E-state index is 0.404. The molecule has 1 aromatic carbocycles. The van der Waals surface area contributed by atoms with Crippen molar-refractivity contribution in [1.29, 1.82) is 0 Å². The number of benzene rings is 1. The summed E-state index contributed by atoms with van der Waals surface area (Å²) in [5.74, 6) is 3.16. The highest BCUT2D eigenvalue weighted by Gasteiger charge is 2.50. The van der Waals surface area contributed by atoms with E-state index in [4.69, 9.17) is 5.73 Å². The monoisotopic (exact) mass is 283 g/mol. The molecule has 5 rings (SSSR count). The van der Waals surface area contributed by atoms with Crippen molar-refractivity contribution in [1.82, 2.24) is 0 Å². The lowest BCUT2D eigenvalue weighted by Crippen LogP contribution is -2.48. The summed E-state index contributed by atoms with van der Waals surface area (Å²) in [4.78, 5) is 0. The van der Waals surface area contributed by atoms with Crippen molar-refractivity contribution in [3.05, 3.63) is 35.9 Å². The van der Waals surface area contributed by atoms with Gasteiger partial charge in [-0.15, -0.1) is 0 Å². The van der Waals surface area contributed by atoms with Gasteiger partial charge < -0.3 is 5.73 Å². The fourth-order valence-corrected chi connectivity index (χ4v) is 6.19. The zero-order chi connectivity index (χ0) is 14.3. The maximum absolute atomic E-state index is 6.54. The van der Waals surface area contributed by atoms with Crippen LogP contribution in [0.1, 0.15) is 56.9 Å². The summed E-state index contributed by atoms with van der Waals surface area (Å²) in [5, 5.41) is 0. The molecule has 1 unspecified atom stereocenters. The normalized spacial score (nSPS) is 38.6. The first-order valence-corrected chi connectivity index (χ1v) is 9.00. The SMILES string of the molecule is NC(CCc1ccccc1)CC12CC3CC(CC(C3)C1)C2. The maximum Gasteiger partial charge on any atom is 0.00472 e. The van der Waals surface area contributed by atoms with Crippen molar-refractivity contribution in [3.8, 4) is 0 Å². The van der Waals surface area contributed by atoms with Gasteiger partial charge in [0.2, 0.25) is 0 Å². The first-order valence-electron chi connectivity index (χ1n) is 9.00. The average molecular weight is 283 g/mol. The van der Waals surface area contributed by atoms with E-state index < -0.39 is 0 Å². The molecule has 2 N–H and O–H groups in total. The highest BCUT2D eigenvalue weighted by atomic mass is 14.7. The molecule has 1 heteroatoms. The lowest BCUT2D eigenvalue weighted by atomic mass is 9.48. The molecule has 114 valence electrons. The minimum Gasteiger partial charge on any atom is -0.328 e. The fraction of sp³-hybridized carbons (Fsp3) is 0.700. The molecular weight excluding hydrogens is 254 g/mol. The third-order valence-electron chi connectivity index (χ3n) is 6.51. The molecule has 1 nitrogen and oxygen atoms in total. The third-order valence-corrected chi connectivity index (χ3v) is 6.51. The van der Waals surface area contributed by atoms with Crippen LogP contribution in [-0.4, -0.2) is 6.04 Å². The van der Waals surface area contributed by atoms with Gasteiger partial charge in [0, 0.05) is 6.04 Å².